The van der Waals surface area contributed by atoms with Crippen molar-refractivity contribution in [2.24, 2.45) is 34.5 Å². The molecule has 3 saturated carbocycles. The molecule has 1 heterocycles. The van der Waals surface area contributed by atoms with Gasteiger partial charge in [0.2, 0.25) is 0 Å². The van der Waals surface area contributed by atoms with Gasteiger partial charge in [-0.05, 0) is 68.6 Å². The van der Waals surface area contributed by atoms with Gasteiger partial charge < -0.3 is 19.3 Å². The molecule has 1 saturated heterocycles. The van der Waals surface area contributed by atoms with E-state index in [1.807, 2.05) is 0 Å². The van der Waals surface area contributed by atoms with E-state index in [1.54, 1.807) is 0 Å². The highest BCUT2D eigenvalue weighted by Crippen LogP contribution is 2.68. The largest absolute Gasteiger partial charge is 0.462 e. The first-order valence-corrected chi connectivity index (χ1v) is 12.0. The second kappa shape index (κ2) is 7.05. The Morgan fingerprint density at radius 1 is 1.13 bits per heavy atom. The number of carbonyl (C=O) groups excluding carboxylic acids is 1. The molecule has 0 bridgehead atoms. The van der Waals surface area contributed by atoms with Crippen molar-refractivity contribution in [3.05, 3.63) is 11.6 Å². The number of aliphatic hydroxyl groups is 1. The second-order valence-electron chi connectivity index (χ2n) is 11.2. The first-order chi connectivity index (χ1) is 14.2. The summed E-state index contributed by atoms with van der Waals surface area (Å²) in [5.41, 5.74) is 1.42. The zero-order valence-corrected chi connectivity index (χ0v) is 19.0. The van der Waals surface area contributed by atoms with Crippen LogP contribution in [0.5, 0.6) is 0 Å². The van der Waals surface area contributed by atoms with Gasteiger partial charge in [0.25, 0.3) is 0 Å². The zero-order valence-electron chi connectivity index (χ0n) is 19.0. The maximum Gasteiger partial charge on any atom is 0.302 e. The Kier molecular flexibility index (Phi) is 4.92. The molecule has 168 valence electrons. The maximum absolute atomic E-state index is 11.6. The number of aliphatic hydroxyl groups excluding tert-OH is 1. The number of hydrogen-bond acceptors (Lipinski definition) is 5. The van der Waals surface area contributed by atoms with Crippen molar-refractivity contribution in [1.29, 1.82) is 0 Å². The zero-order chi connectivity index (χ0) is 21.3. The van der Waals surface area contributed by atoms with E-state index >= 15 is 0 Å². The average Bonchev–Trinajstić information content (AvgIpc) is 3.28. The Labute approximate surface area is 180 Å². The van der Waals surface area contributed by atoms with Crippen LogP contribution in [0.4, 0.5) is 0 Å². The molecule has 5 heteroatoms. The van der Waals surface area contributed by atoms with Gasteiger partial charge in [0.05, 0.1) is 19.3 Å². The molecular formula is C25H38O5. The maximum atomic E-state index is 11.6. The van der Waals surface area contributed by atoms with E-state index in [4.69, 9.17) is 14.2 Å². The van der Waals surface area contributed by atoms with Gasteiger partial charge in [0.1, 0.15) is 6.10 Å². The van der Waals surface area contributed by atoms with E-state index in [2.05, 4.69) is 26.8 Å². The van der Waals surface area contributed by atoms with Crippen molar-refractivity contribution >= 4 is 5.97 Å². The van der Waals surface area contributed by atoms with Crippen LogP contribution < -0.4 is 0 Å². The third kappa shape index (κ3) is 2.87. The van der Waals surface area contributed by atoms with Gasteiger partial charge in [0.15, 0.2) is 5.79 Å². The number of hydrogen-bond donors (Lipinski definition) is 1. The monoisotopic (exact) mass is 418 g/mol. The lowest BCUT2D eigenvalue weighted by atomic mass is 9.46. The van der Waals surface area contributed by atoms with Gasteiger partial charge in [0, 0.05) is 24.7 Å². The number of rotatable bonds is 2. The Hall–Kier alpha value is -0.910. The van der Waals surface area contributed by atoms with Crippen LogP contribution in [0.3, 0.4) is 0 Å². The molecule has 5 nitrogen and oxygen atoms in total. The molecule has 4 aliphatic carbocycles. The summed E-state index contributed by atoms with van der Waals surface area (Å²) >= 11 is 0. The van der Waals surface area contributed by atoms with Gasteiger partial charge in [-0.2, -0.15) is 0 Å². The number of allylic oxidation sites excluding steroid dienone is 1. The molecule has 0 spiro atoms. The molecule has 1 aliphatic heterocycles. The average molecular weight is 419 g/mol. The summed E-state index contributed by atoms with van der Waals surface area (Å²) in [5.74, 6) is 1.11. The van der Waals surface area contributed by atoms with Crippen LogP contribution in [0, 0.1) is 34.5 Å². The van der Waals surface area contributed by atoms with Gasteiger partial charge >= 0.3 is 5.97 Å². The third-order valence-electron chi connectivity index (χ3n) is 9.99. The van der Waals surface area contributed by atoms with E-state index in [9.17, 15) is 9.90 Å². The minimum atomic E-state index is -0.557. The minimum Gasteiger partial charge on any atom is -0.462 e. The summed E-state index contributed by atoms with van der Waals surface area (Å²) in [6.45, 7) is 9.63. The number of esters is 1. The fourth-order valence-electron chi connectivity index (χ4n) is 8.51. The van der Waals surface area contributed by atoms with Crippen molar-refractivity contribution in [3.8, 4) is 0 Å². The fourth-order valence-corrected chi connectivity index (χ4v) is 8.51. The summed E-state index contributed by atoms with van der Waals surface area (Å²) in [6, 6.07) is 0. The van der Waals surface area contributed by atoms with E-state index < -0.39 is 5.79 Å². The number of ether oxygens (including phenoxy) is 3. The van der Waals surface area contributed by atoms with Crippen molar-refractivity contribution in [2.75, 3.05) is 13.2 Å². The normalized spacial score (nSPS) is 49.6. The highest BCUT2D eigenvalue weighted by Gasteiger charge is 2.66. The molecule has 1 N–H and O–H groups in total. The van der Waals surface area contributed by atoms with E-state index in [-0.39, 0.29) is 34.9 Å². The molecule has 0 amide bonds. The highest BCUT2D eigenvalue weighted by molar-refractivity contribution is 5.66. The smallest absolute Gasteiger partial charge is 0.302 e. The number of fused-ring (bicyclic) bond motifs is 5. The lowest BCUT2D eigenvalue weighted by Gasteiger charge is -2.60. The van der Waals surface area contributed by atoms with Gasteiger partial charge in [-0.15, -0.1) is 0 Å². The van der Waals surface area contributed by atoms with Crippen LogP contribution >= 0.6 is 0 Å². The van der Waals surface area contributed by atoms with Gasteiger partial charge in [-0.1, -0.05) is 25.5 Å². The predicted octanol–water partition coefficient (Wildman–Crippen LogP) is 4.23. The first kappa shape index (κ1) is 21.0. The quantitative estimate of drug-likeness (QED) is 0.537. The Morgan fingerprint density at radius 3 is 2.57 bits per heavy atom. The third-order valence-corrected chi connectivity index (χ3v) is 9.99. The molecule has 5 aliphatic rings. The van der Waals surface area contributed by atoms with Crippen molar-refractivity contribution in [1.82, 2.24) is 0 Å². The van der Waals surface area contributed by atoms with Crippen molar-refractivity contribution in [3.63, 3.8) is 0 Å². The van der Waals surface area contributed by atoms with Crippen LogP contribution in [-0.4, -0.2) is 42.3 Å². The van der Waals surface area contributed by atoms with E-state index in [0.717, 1.165) is 44.9 Å². The predicted molar refractivity (Wildman–Crippen MR) is 112 cm³/mol. The van der Waals surface area contributed by atoms with Crippen LogP contribution in [0.25, 0.3) is 0 Å². The fraction of sp³-hybridized carbons (Fsp3) is 0.880. The standard InChI is InChI=1S/C25H38O5/c1-15(26)30-17-9-10-23(2)16(13-17)5-6-18-19-7-8-21(25(4)28-11-12-29-25)24(19,3)22(27)14-20(18)23/h5,17-22,27H,6-14H2,1-4H3/t17-,18?,19?,20?,21-,22-,23-,24-/m0/s1. The topological polar surface area (TPSA) is 65.0 Å². The Balaban J connectivity index is 1.43. The molecular weight excluding hydrogens is 380 g/mol. The van der Waals surface area contributed by atoms with Gasteiger partial charge in [-0.25, -0.2) is 0 Å². The minimum absolute atomic E-state index is 0.0182. The summed E-state index contributed by atoms with van der Waals surface area (Å²) in [4.78, 5) is 11.5. The summed E-state index contributed by atoms with van der Waals surface area (Å²) < 4.78 is 17.7. The highest BCUT2D eigenvalue weighted by atomic mass is 16.7. The van der Waals surface area contributed by atoms with Crippen LogP contribution in [0.1, 0.15) is 72.6 Å². The molecule has 0 aromatic heterocycles. The molecule has 0 aromatic rings. The Morgan fingerprint density at radius 2 is 1.87 bits per heavy atom. The molecule has 0 radical (unpaired) electrons. The molecule has 3 unspecified atom stereocenters. The molecule has 4 fully saturated rings. The van der Waals surface area contributed by atoms with E-state index in [0.29, 0.717) is 31.0 Å². The van der Waals surface area contributed by atoms with Crippen LogP contribution in [0.2, 0.25) is 0 Å². The lowest BCUT2D eigenvalue weighted by molar-refractivity contribution is -0.235. The van der Waals surface area contributed by atoms with Crippen LogP contribution in [-0.2, 0) is 19.0 Å². The summed E-state index contributed by atoms with van der Waals surface area (Å²) in [5, 5.41) is 11.6. The molecule has 30 heavy (non-hydrogen) atoms. The molecule has 8 atom stereocenters. The Bertz CT molecular complexity index is 740. The SMILES string of the molecule is CC(=O)O[C@H]1CC[C@@]2(C)C(=CCC3C4CC[C@H](C5(C)OCCO5)[C@@]4(C)[C@@H](O)CC32)C1. The van der Waals surface area contributed by atoms with Crippen molar-refractivity contribution in [2.45, 2.75) is 90.6 Å². The van der Waals surface area contributed by atoms with Gasteiger partial charge in [-0.3, -0.25) is 4.79 Å². The first-order valence-electron chi connectivity index (χ1n) is 12.0. The second-order valence-corrected chi connectivity index (χ2v) is 11.2. The van der Waals surface area contributed by atoms with E-state index in [1.165, 1.54) is 12.5 Å². The summed E-state index contributed by atoms with van der Waals surface area (Å²) in [6.07, 6.45) is 9.14. The molecule has 5 rings (SSSR count). The van der Waals surface area contributed by atoms with Crippen molar-refractivity contribution < 1.29 is 24.1 Å². The lowest BCUT2D eigenvalue weighted by Crippen LogP contribution is -2.59. The summed E-state index contributed by atoms with van der Waals surface area (Å²) in [7, 11) is 0. The molecule has 0 aromatic carbocycles. The number of carbonyl (C=O) groups is 1. The van der Waals surface area contributed by atoms with Crippen LogP contribution in [0.15, 0.2) is 11.6 Å².